The van der Waals surface area contributed by atoms with E-state index in [0.29, 0.717) is 10.1 Å². The van der Waals surface area contributed by atoms with Crippen LogP contribution in [0.1, 0.15) is 6.92 Å². The number of hydrazine groups is 1. The third-order valence-corrected chi connectivity index (χ3v) is 1.92. The average Bonchev–Trinajstić information content (AvgIpc) is 2.14. The first-order valence-electron chi connectivity index (χ1n) is 3.41. The summed E-state index contributed by atoms with van der Waals surface area (Å²) >= 11 is 3.13. The quantitative estimate of drug-likeness (QED) is 0.217. The Bertz CT molecular complexity index is 260. The molecular formula is C7H12BrN3O2. The molecule has 0 bridgehead atoms. The van der Waals surface area contributed by atoms with E-state index in [0.717, 1.165) is 0 Å². The fourth-order valence-corrected chi connectivity index (χ4v) is 1.01. The van der Waals surface area contributed by atoms with Gasteiger partial charge in [0.05, 0.1) is 11.6 Å². The van der Waals surface area contributed by atoms with E-state index in [1.165, 1.54) is 13.2 Å². The van der Waals surface area contributed by atoms with Crippen LogP contribution in [0.25, 0.3) is 0 Å². The van der Waals surface area contributed by atoms with Crippen LogP contribution < -0.4 is 17.0 Å². The molecule has 0 saturated carbocycles. The van der Waals surface area contributed by atoms with E-state index in [2.05, 4.69) is 26.1 Å². The van der Waals surface area contributed by atoms with Crippen LogP contribution in [0.2, 0.25) is 0 Å². The molecule has 0 aliphatic rings. The van der Waals surface area contributed by atoms with Gasteiger partial charge in [-0.25, -0.2) is 10.6 Å². The number of methoxy groups -OCH3 is 1. The number of halogens is 1. The molecule has 5 N–H and O–H groups in total. The number of nitrogens with two attached hydrogens (primary N) is 2. The smallest absolute Gasteiger partial charge is 0.333 e. The topological polar surface area (TPSA) is 90.4 Å². The Balaban J connectivity index is 4.66. The Morgan fingerprint density at radius 2 is 2.15 bits per heavy atom. The van der Waals surface area contributed by atoms with Crippen molar-refractivity contribution in [1.82, 2.24) is 5.43 Å². The lowest BCUT2D eigenvalue weighted by Crippen LogP contribution is -2.27. The van der Waals surface area contributed by atoms with E-state index in [4.69, 9.17) is 11.6 Å². The van der Waals surface area contributed by atoms with Crippen molar-refractivity contribution in [2.24, 2.45) is 11.6 Å². The van der Waals surface area contributed by atoms with Crippen molar-refractivity contribution < 1.29 is 9.53 Å². The van der Waals surface area contributed by atoms with Crippen LogP contribution in [0.5, 0.6) is 0 Å². The van der Waals surface area contributed by atoms with Crippen LogP contribution in [-0.4, -0.2) is 13.1 Å². The van der Waals surface area contributed by atoms with Gasteiger partial charge in [-0.05, 0) is 28.9 Å². The molecule has 0 spiro atoms. The number of carbonyl (C=O) groups is 1. The van der Waals surface area contributed by atoms with Crippen LogP contribution in [0.15, 0.2) is 22.0 Å². The zero-order valence-electron chi connectivity index (χ0n) is 7.43. The van der Waals surface area contributed by atoms with Crippen molar-refractivity contribution in [1.29, 1.82) is 0 Å². The first-order valence-corrected chi connectivity index (χ1v) is 4.20. The lowest BCUT2D eigenvalue weighted by Gasteiger charge is -2.02. The molecule has 0 aromatic heterocycles. The second-order valence-corrected chi connectivity index (χ2v) is 3.08. The predicted octanol–water partition coefficient (Wildman–Crippen LogP) is 0.0917. The summed E-state index contributed by atoms with van der Waals surface area (Å²) in [6, 6.07) is 0. The summed E-state index contributed by atoms with van der Waals surface area (Å²) in [5.41, 5.74) is 8.07. The van der Waals surface area contributed by atoms with Crippen LogP contribution in [0.3, 0.4) is 0 Å². The minimum absolute atomic E-state index is 0.239. The largest absolute Gasteiger partial charge is 0.466 e. The molecule has 0 radical (unpaired) electrons. The van der Waals surface area contributed by atoms with E-state index in [1.54, 1.807) is 6.92 Å². The molecular weight excluding hydrogens is 238 g/mol. The molecule has 0 rings (SSSR count). The number of esters is 1. The molecule has 5 nitrogen and oxygen atoms in total. The number of allylic oxidation sites excluding steroid dienone is 2. The van der Waals surface area contributed by atoms with Gasteiger partial charge in [-0.15, -0.1) is 0 Å². The van der Waals surface area contributed by atoms with Gasteiger partial charge in [-0.1, -0.05) is 0 Å². The Labute approximate surface area is 84.9 Å². The molecule has 0 unspecified atom stereocenters. The van der Waals surface area contributed by atoms with E-state index in [-0.39, 0.29) is 5.82 Å². The number of hydrogen-bond acceptors (Lipinski definition) is 5. The van der Waals surface area contributed by atoms with Crippen molar-refractivity contribution in [3.63, 3.8) is 0 Å². The highest BCUT2D eigenvalue weighted by molar-refractivity contribution is 9.11. The summed E-state index contributed by atoms with van der Waals surface area (Å²) < 4.78 is 4.98. The second-order valence-electron chi connectivity index (χ2n) is 2.22. The molecule has 0 fully saturated rings. The minimum Gasteiger partial charge on any atom is -0.466 e. The van der Waals surface area contributed by atoms with Gasteiger partial charge in [-0.2, -0.15) is 0 Å². The van der Waals surface area contributed by atoms with Gasteiger partial charge in [0.2, 0.25) is 0 Å². The van der Waals surface area contributed by atoms with Crippen molar-refractivity contribution in [3.8, 4) is 0 Å². The molecule has 74 valence electrons. The zero-order valence-corrected chi connectivity index (χ0v) is 9.01. The second kappa shape index (κ2) is 5.60. The van der Waals surface area contributed by atoms with Crippen molar-refractivity contribution in [3.05, 3.63) is 22.0 Å². The van der Waals surface area contributed by atoms with Crippen LogP contribution in [0.4, 0.5) is 0 Å². The molecule has 13 heavy (non-hydrogen) atoms. The van der Waals surface area contributed by atoms with Gasteiger partial charge in [0.1, 0.15) is 5.82 Å². The monoisotopic (exact) mass is 249 g/mol. The molecule has 0 heterocycles. The SMILES string of the molecule is COC(=O)/C(C)=C/C(Br)=C(/N)NN. The fourth-order valence-electron chi connectivity index (χ4n) is 0.557. The summed E-state index contributed by atoms with van der Waals surface area (Å²) in [5, 5.41) is 0. The molecule has 0 aliphatic heterocycles. The van der Waals surface area contributed by atoms with Crippen LogP contribution in [-0.2, 0) is 9.53 Å². The van der Waals surface area contributed by atoms with Crippen LogP contribution in [0, 0.1) is 0 Å². The number of carbonyl (C=O) groups excluding carboxylic acids is 1. The number of nitrogens with one attached hydrogen (secondary N) is 1. The zero-order chi connectivity index (χ0) is 10.4. The van der Waals surface area contributed by atoms with Gasteiger partial charge in [0.25, 0.3) is 0 Å². The maximum atomic E-state index is 10.9. The Hall–Kier alpha value is -1.01. The molecule has 0 saturated heterocycles. The summed E-state index contributed by atoms with van der Waals surface area (Å²) in [5.74, 6) is 4.87. The lowest BCUT2D eigenvalue weighted by atomic mass is 10.3. The molecule has 6 heteroatoms. The Kier molecular flexibility index (Phi) is 5.17. The highest BCUT2D eigenvalue weighted by atomic mass is 79.9. The Morgan fingerprint density at radius 1 is 1.62 bits per heavy atom. The summed E-state index contributed by atoms with van der Waals surface area (Å²) in [4.78, 5) is 10.9. The van der Waals surface area contributed by atoms with Gasteiger partial charge < -0.3 is 15.9 Å². The first-order chi connectivity index (χ1) is 6.02. The number of ether oxygens (including phenoxy) is 1. The highest BCUT2D eigenvalue weighted by Gasteiger charge is 2.04. The normalized spacial score (nSPS) is 13.4. The highest BCUT2D eigenvalue weighted by Crippen LogP contribution is 2.11. The molecule has 0 aromatic carbocycles. The maximum absolute atomic E-state index is 10.9. The Morgan fingerprint density at radius 3 is 2.54 bits per heavy atom. The average molecular weight is 250 g/mol. The molecule has 0 aliphatic carbocycles. The summed E-state index contributed by atoms with van der Waals surface area (Å²) in [7, 11) is 1.31. The van der Waals surface area contributed by atoms with Crippen molar-refractivity contribution in [2.45, 2.75) is 6.92 Å². The molecule has 0 amide bonds. The molecule has 0 aromatic rings. The van der Waals surface area contributed by atoms with E-state index >= 15 is 0 Å². The van der Waals surface area contributed by atoms with Gasteiger partial charge in [0, 0.05) is 5.57 Å². The van der Waals surface area contributed by atoms with Crippen molar-refractivity contribution in [2.75, 3.05) is 7.11 Å². The predicted molar refractivity (Wildman–Crippen MR) is 53.2 cm³/mol. The lowest BCUT2D eigenvalue weighted by molar-refractivity contribution is -0.136. The third-order valence-electron chi connectivity index (χ3n) is 1.26. The summed E-state index contributed by atoms with van der Waals surface area (Å²) in [6.07, 6.45) is 1.51. The minimum atomic E-state index is -0.415. The van der Waals surface area contributed by atoms with Crippen molar-refractivity contribution >= 4 is 21.9 Å². The number of rotatable bonds is 3. The van der Waals surface area contributed by atoms with E-state index < -0.39 is 5.97 Å². The number of hydrogen-bond donors (Lipinski definition) is 3. The van der Waals surface area contributed by atoms with Gasteiger partial charge >= 0.3 is 5.97 Å². The third kappa shape index (κ3) is 3.95. The van der Waals surface area contributed by atoms with E-state index in [9.17, 15) is 4.79 Å². The van der Waals surface area contributed by atoms with Gasteiger partial charge in [0.15, 0.2) is 0 Å². The fraction of sp³-hybridized carbons (Fsp3) is 0.286. The molecule has 0 atom stereocenters. The van der Waals surface area contributed by atoms with Crippen LogP contribution >= 0.6 is 15.9 Å². The standard InChI is InChI=1S/C7H12BrN3O2/c1-4(7(12)13-2)3-5(8)6(9)11-10/h3,11H,9-10H2,1-2H3/b4-3+,6-5+. The summed E-state index contributed by atoms with van der Waals surface area (Å²) in [6.45, 7) is 1.61. The maximum Gasteiger partial charge on any atom is 0.333 e. The van der Waals surface area contributed by atoms with Gasteiger partial charge in [-0.3, -0.25) is 0 Å². The van der Waals surface area contributed by atoms with E-state index in [1.807, 2.05) is 0 Å². The first kappa shape index (κ1) is 12.0.